The molecule has 1 unspecified atom stereocenters. The number of ether oxygens (including phenoxy) is 1. The molecule has 1 aliphatic heterocycles. The Morgan fingerprint density at radius 1 is 1.21 bits per heavy atom. The summed E-state index contributed by atoms with van der Waals surface area (Å²) in [5, 5.41) is 10.0. The number of nitrogens with zero attached hydrogens (tertiary/aromatic N) is 1. The molecule has 0 aliphatic carbocycles. The van der Waals surface area contributed by atoms with E-state index in [1.165, 1.54) is 5.56 Å². The lowest BCUT2D eigenvalue weighted by Crippen LogP contribution is -2.26. The number of halogens is 2. The first-order valence-electron chi connectivity index (χ1n) is 8.19. The highest BCUT2D eigenvalue weighted by atomic mass is 79.9. The van der Waals surface area contributed by atoms with Gasteiger partial charge in [-0.1, -0.05) is 39.7 Å². The van der Waals surface area contributed by atoms with Crippen molar-refractivity contribution in [3.8, 4) is 5.75 Å². The van der Waals surface area contributed by atoms with Crippen LogP contribution in [-0.4, -0.2) is 29.7 Å². The van der Waals surface area contributed by atoms with Crippen LogP contribution < -0.4 is 4.74 Å². The zero-order chi connectivity index (χ0) is 16.9. The standard InChI is InChI=1S/C19H21BrClNO2/c20-15-5-8-19(24-13-14-3-6-16(21)7-4-14)17(12-15)18-2-1-9-22(18)10-11-23/h3-8,12,18,23H,1-2,9-11,13H2. The molecule has 3 rings (SSSR count). The summed E-state index contributed by atoms with van der Waals surface area (Å²) < 4.78 is 7.15. The molecule has 0 spiro atoms. The van der Waals surface area contributed by atoms with Crippen molar-refractivity contribution in [2.75, 3.05) is 19.7 Å². The number of hydrogen-bond donors (Lipinski definition) is 1. The van der Waals surface area contributed by atoms with Gasteiger partial charge in [-0.05, 0) is 55.3 Å². The third-order valence-electron chi connectivity index (χ3n) is 4.39. The highest BCUT2D eigenvalue weighted by molar-refractivity contribution is 9.10. The Morgan fingerprint density at radius 2 is 2.00 bits per heavy atom. The van der Waals surface area contributed by atoms with Gasteiger partial charge < -0.3 is 9.84 Å². The lowest BCUT2D eigenvalue weighted by atomic mass is 10.0. The van der Waals surface area contributed by atoms with E-state index >= 15 is 0 Å². The maximum absolute atomic E-state index is 9.30. The van der Waals surface area contributed by atoms with Crippen molar-refractivity contribution >= 4 is 27.5 Å². The monoisotopic (exact) mass is 409 g/mol. The average molecular weight is 411 g/mol. The van der Waals surface area contributed by atoms with Gasteiger partial charge in [0.05, 0.1) is 6.61 Å². The third-order valence-corrected chi connectivity index (χ3v) is 5.13. The zero-order valence-electron chi connectivity index (χ0n) is 13.4. The van der Waals surface area contributed by atoms with E-state index in [0.717, 1.165) is 40.2 Å². The number of β-amino-alcohol motifs (C(OH)–C–C–N with tert-alkyl or cyclic N) is 1. The van der Waals surface area contributed by atoms with E-state index < -0.39 is 0 Å². The summed E-state index contributed by atoms with van der Waals surface area (Å²) in [4.78, 5) is 2.33. The Hall–Kier alpha value is -1.07. The second-order valence-electron chi connectivity index (χ2n) is 6.01. The smallest absolute Gasteiger partial charge is 0.124 e. The van der Waals surface area contributed by atoms with Crippen LogP contribution in [0.4, 0.5) is 0 Å². The second kappa shape index (κ2) is 8.34. The van der Waals surface area contributed by atoms with Crippen LogP contribution in [0.5, 0.6) is 5.75 Å². The minimum atomic E-state index is 0.186. The molecule has 1 heterocycles. The normalized spacial score (nSPS) is 18.0. The Labute approximate surface area is 156 Å². The predicted octanol–water partition coefficient (Wildman–Crippen LogP) is 4.81. The SMILES string of the molecule is OCCN1CCCC1c1cc(Br)ccc1OCc1ccc(Cl)cc1. The Morgan fingerprint density at radius 3 is 2.75 bits per heavy atom. The molecule has 3 nitrogen and oxygen atoms in total. The Bertz CT molecular complexity index is 678. The number of rotatable bonds is 6. The molecule has 2 aromatic rings. The minimum Gasteiger partial charge on any atom is -0.489 e. The molecule has 1 N–H and O–H groups in total. The molecule has 0 amide bonds. The van der Waals surface area contributed by atoms with Crippen molar-refractivity contribution < 1.29 is 9.84 Å². The van der Waals surface area contributed by atoms with Crippen molar-refractivity contribution in [2.45, 2.75) is 25.5 Å². The Balaban J connectivity index is 1.79. The molecule has 128 valence electrons. The summed E-state index contributed by atoms with van der Waals surface area (Å²) in [5.74, 6) is 0.906. The van der Waals surface area contributed by atoms with Gasteiger partial charge in [-0.25, -0.2) is 0 Å². The number of hydrogen-bond acceptors (Lipinski definition) is 3. The van der Waals surface area contributed by atoms with Gasteiger partial charge in [-0.2, -0.15) is 0 Å². The first-order chi connectivity index (χ1) is 11.7. The van der Waals surface area contributed by atoms with Crippen molar-refractivity contribution in [3.05, 3.63) is 63.1 Å². The van der Waals surface area contributed by atoms with E-state index in [4.69, 9.17) is 16.3 Å². The molecule has 1 saturated heterocycles. The van der Waals surface area contributed by atoms with Gasteiger partial charge in [-0.15, -0.1) is 0 Å². The number of likely N-dealkylation sites (tertiary alicyclic amines) is 1. The van der Waals surface area contributed by atoms with Crippen LogP contribution in [0.3, 0.4) is 0 Å². The molecule has 0 aromatic heterocycles. The second-order valence-corrected chi connectivity index (χ2v) is 7.37. The van der Waals surface area contributed by atoms with Gasteiger partial charge in [-0.3, -0.25) is 4.90 Å². The van der Waals surface area contributed by atoms with E-state index in [1.54, 1.807) is 0 Å². The highest BCUT2D eigenvalue weighted by Gasteiger charge is 2.28. The third kappa shape index (κ3) is 4.31. The summed E-state index contributed by atoms with van der Waals surface area (Å²) in [6.07, 6.45) is 2.24. The first kappa shape index (κ1) is 17.7. The van der Waals surface area contributed by atoms with Gasteiger partial charge in [0.25, 0.3) is 0 Å². The van der Waals surface area contributed by atoms with Crippen LogP contribution in [-0.2, 0) is 6.61 Å². The van der Waals surface area contributed by atoms with Crippen molar-refractivity contribution in [3.63, 3.8) is 0 Å². The van der Waals surface area contributed by atoms with Crippen molar-refractivity contribution in [1.82, 2.24) is 4.90 Å². The molecule has 0 saturated carbocycles. The van der Waals surface area contributed by atoms with E-state index in [-0.39, 0.29) is 6.61 Å². The van der Waals surface area contributed by atoms with Crippen LogP contribution >= 0.6 is 27.5 Å². The molecule has 1 atom stereocenters. The fourth-order valence-corrected chi connectivity index (χ4v) is 3.73. The molecule has 1 aliphatic rings. The largest absolute Gasteiger partial charge is 0.489 e. The molecule has 0 radical (unpaired) electrons. The summed E-state index contributed by atoms with van der Waals surface area (Å²) in [7, 11) is 0. The molecular formula is C19H21BrClNO2. The predicted molar refractivity (Wildman–Crippen MR) is 101 cm³/mol. The number of aliphatic hydroxyl groups is 1. The van der Waals surface area contributed by atoms with Crippen molar-refractivity contribution in [2.24, 2.45) is 0 Å². The van der Waals surface area contributed by atoms with E-state index in [2.05, 4.69) is 26.9 Å². The van der Waals surface area contributed by atoms with Gasteiger partial charge in [0.2, 0.25) is 0 Å². The van der Waals surface area contributed by atoms with Gasteiger partial charge in [0.1, 0.15) is 12.4 Å². The summed E-state index contributed by atoms with van der Waals surface area (Å²) >= 11 is 9.50. The van der Waals surface area contributed by atoms with E-state index in [1.807, 2.05) is 36.4 Å². The molecular weight excluding hydrogens is 390 g/mol. The topological polar surface area (TPSA) is 32.7 Å². The van der Waals surface area contributed by atoms with Crippen LogP contribution in [0.2, 0.25) is 5.02 Å². The highest BCUT2D eigenvalue weighted by Crippen LogP contribution is 2.38. The Kier molecular flexibility index (Phi) is 6.17. The zero-order valence-corrected chi connectivity index (χ0v) is 15.8. The summed E-state index contributed by atoms with van der Waals surface area (Å²) in [6, 6.07) is 14.2. The lowest BCUT2D eigenvalue weighted by molar-refractivity contribution is 0.182. The van der Waals surface area contributed by atoms with Crippen LogP contribution in [0.25, 0.3) is 0 Å². The molecule has 2 aromatic carbocycles. The van der Waals surface area contributed by atoms with Gasteiger partial charge in [0.15, 0.2) is 0 Å². The van der Waals surface area contributed by atoms with Crippen LogP contribution in [0.15, 0.2) is 46.9 Å². The van der Waals surface area contributed by atoms with E-state index in [0.29, 0.717) is 19.2 Å². The molecule has 24 heavy (non-hydrogen) atoms. The number of aliphatic hydroxyl groups excluding tert-OH is 1. The molecule has 5 heteroatoms. The van der Waals surface area contributed by atoms with Gasteiger partial charge >= 0.3 is 0 Å². The first-order valence-corrected chi connectivity index (χ1v) is 9.36. The van der Waals surface area contributed by atoms with Crippen LogP contribution in [0, 0.1) is 0 Å². The van der Waals surface area contributed by atoms with Gasteiger partial charge in [0, 0.05) is 27.6 Å². The molecule has 1 fully saturated rings. The maximum atomic E-state index is 9.30. The maximum Gasteiger partial charge on any atom is 0.124 e. The van der Waals surface area contributed by atoms with Crippen LogP contribution in [0.1, 0.15) is 30.0 Å². The minimum absolute atomic E-state index is 0.186. The van der Waals surface area contributed by atoms with Crippen molar-refractivity contribution in [1.29, 1.82) is 0 Å². The molecule has 0 bridgehead atoms. The quantitative estimate of drug-likeness (QED) is 0.742. The summed E-state index contributed by atoms with van der Waals surface area (Å²) in [5.41, 5.74) is 2.27. The van der Waals surface area contributed by atoms with E-state index in [9.17, 15) is 5.11 Å². The number of benzene rings is 2. The average Bonchev–Trinajstić information content (AvgIpc) is 3.04. The fraction of sp³-hybridized carbons (Fsp3) is 0.368. The lowest BCUT2D eigenvalue weighted by Gasteiger charge is -2.26. The fourth-order valence-electron chi connectivity index (χ4n) is 3.23. The summed E-state index contributed by atoms with van der Waals surface area (Å²) in [6.45, 7) is 2.42.